The first-order valence-electron chi connectivity index (χ1n) is 6.57. The van der Waals surface area contributed by atoms with E-state index in [0.717, 1.165) is 12.2 Å². The molecule has 1 aliphatic carbocycles. The Morgan fingerprint density at radius 1 is 1.35 bits per heavy atom. The van der Waals surface area contributed by atoms with Gasteiger partial charge < -0.3 is 5.11 Å². The Balaban J connectivity index is 1.78. The molecule has 1 aromatic rings. The summed E-state index contributed by atoms with van der Waals surface area (Å²) in [4.78, 5) is 0. The van der Waals surface area contributed by atoms with Crippen molar-refractivity contribution < 1.29 is 5.11 Å². The standard InChI is InChI=1S/C15H22OS/c1-3-11(2)17-10-15(16)14-9-13(14)12-7-5-4-6-8-12/h4-8,11,13-16H,3,9-10H2,1-2H3. The molecule has 0 heterocycles. The Hall–Kier alpha value is -0.470. The van der Waals surface area contributed by atoms with Gasteiger partial charge in [0.05, 0.1) is 6.10 Å². The number of thioether (sulfide) groups is 1. The molecule has 0 bridgehead atoms. The molecular formula is C15H22OS. The topological polar surface area (TPSA) is 20.2 Å². The summed E-state index contributed by atoms with van der Waals surface area (Å²) in [5, 5.41) is 10.8. The van der Waals surface area contributed by atoms with Crippen LogP contribution in [0.15, 0.2) is 30.3 Å². The molecule has 17 heavy (non-hydrogen) atoms. The van der Waals surface area contributed by atoms with E-state index in [2.05, 4.69) is 44.2 Å². The van der Waals surface area contributed by atoms with E-state index in [-0.39, 0.29) is 6.10 Å². The monoisotopic (exact) mass is 250 g/mol. The molecule has 1 N–H and O–H groups in total. The van der Waals surface area contributed by atoms with Crippen LogP contribution < -0.4 is 0 Å². The van der Waals surface area contributed by atoms with Gasteiger partial charge in [-0.15, -0.1) is 0 Å². The van der Waals surface area contributed by atoms with Crippen LogP contribution >= 0.6 is 11.8 Å². The predicted octanol–water partition coefficient (Wildman–Crippen LogP) is 3.68. The Morgan fingerprint density at radius 2 is 2.06 bits per heavy atom. The van der Waals surface area contributed by atoms with Gasteiger partial charge in [-0.2, -0.15) is 11.8 Å². The fourth-order valence-corrected chi connectivity index (χ4v) is 3.24. The summed E-state index contributed by atoms with van der Waals surface area (Å²) in [5.74, 6) is 1.99. The largest absolute Gasteiger partial charge is 0.392 e. The summed E-state index contributed by atoms with van der Waals surface area (Å²) in [6.45, 7) is 4.44. The minimum atomic E-state index is -0.126. The molecule has 1 nitrogen and oxygen atoms in total. The van der Waals surface area contributed by atoms with Gasteiger partial charge in [0.15, 0.2) is 0 Å². The van der Waals surface area contributed by atoms with Gasteiger partial charge >= 0.3 is 0 Å². The van der Waals surface area contributed by atoms with Crippen molar-refractivity contribution in [2.24, 2.45) is 5.92 Å². The second-order valence-electron chi connectivity index (χ2n) is 5.04. The van der Waals surface area contributed by atoms with Crippen LogP contribution in [0.1, 0.15) is 38.2 Å². The maximum absolute atomic E-state index is 10.1. The molecule has 0 amide bonds. The molecule has 1 saturated carbocycles. The van der Waals surface area contributed by atoms with Crippen molar-refractivity contribution >= 4 is 11.8 Å². The van der Waals surface area contributed by atoms with Gasteiger partial charge in [0.25, 0.3) is 0 Å². The Labute approximate surface area is 109 Å². The smallest absolute Gasteiger partial charge is 0.0664 e. The molecule has 0 radical (unpaired) electrons. The quantitative estimate of drug-likeness (QED) is 0.831. The second-order valence-corrected chi connectivity index (χ2v) is 6.51. The highest BCUT2D eigenvalue weighted by Gasteiger charge is 2.42. The van der Waals surface area contributed by atoms with Gasteiger partial charge in [0.2, 0.25) is 0 Å². The molecular weight excluding hydrogens is 228 g/mol. The maximum Gasteiger partial charge on any atom is 0.0664 e. The average Bonchev–Trinajstić information content (AvgIpc) is 3.17. The summed E-state index contributed by atoms with van der Waals surface area (Å²) in [5.41, 5.74) is 1.39. The van der Waals surface area contributed by atoms with Crippen LogP contribution in [0.5, 0.6) is 0 Å². The van der Waals surface area contributed by atoms with E-state index in [1.54, 1.807) is 0 Å². The molecule has 0 aromatic heterocycles. The minimum Gasteiger partial charge on any atom is -0.392 e. The normalized spacial score (nSPS) is 26.5. The Kier molecular flexibility index (Phi) is 4.52. The van der Waals surface area contributed by atoms with Crippen molar-refractivity contribution in [2.75, 3.05) is 5.75 Å². The predicted molar refractivity (Wildman–Crippen MR) is 75.5 cm³/mol. The summed E-state index contributed by atoms with van der Waals surface area (Å²) >= 11 is 1.90. The Bertz CT molecular complexity index is 338. The van der Waals surface area contributed by atoms with Crippen molar-refractivity contribution in [3.8, 4) is 0 Å². The summed E-state index contributed by atoms with van der Waals surface area (Å²) < 4.78 is 0. The van der Waals surface area contributed by atoms with Crippen molar-refractivity contribution in [1.29, 1.82) is 0 Å². The zero-order valence-corrected chi connectivity index (χ0v) is 11.5. The second kappa shape index (κ2) is 5.92. The van der Waals surface area contributed by atoms with E-state index in [1.165, 1.54) is 12.0 Å². The van der Waals surface area contributed by atoms with E-state index < -0.39 is 0 Å². The Morgan fingerprint density at radius 3 is 2.71 bits per heavy atom. The van der Waals surface area contributed by atoms with Crippen LogP contribution in [0.2, 0.25) is 0 Å². The number of rotatable bonds is 6. The van der Waals surface area contributed by atoms with Crippen LogP contribution in [0.3, 0.4) is 0 Å². The zero-order chi connectivity index (χ0) is 12.3. The van der Waals surface area contributed by atoms with Gasteiger partial charge in [-0.3, -0.25) is 0 Å². The van der Waals surface area contributed by atoms with Crippen molar-refractivity contribution in [3.63, 3.8) is 0 Å². The number of aliphatic hydroxyl groups is 1. The lowest BCUT2D eigenvalue weighted by Gasteiger charge is -2.13. The average molecular weight is 250 g/mol. The molecule has 4 atom stereocenters. The molecule has 0 spiro atoms. The fraction of sp³-hybridized carbons (Fsp3) is 0.600. The van der Waals surface area contributed by atoms with Crippen molar-refractivity contribution in [2.45, 2.75) is 44.0 Å². The fourth-order valence-electron chi connectivity index (χ4n) is 2.23. The first kappa shape index (κ1) is 13.0. The third kappa shape index (κ3) is 3.49. The molecule has 2 heteroatoms. The van der Waals surface area contributed by atoms with Gasteiger partial charge in [0, 0.05) is 11.0 Å². The molecule has 4 unspecified atom stereocenters. The van der Waals surface area contributed by atoms with Gasteiger partial charge in [-0.05, 0) is 30.2 Å². The molecule has 1 aromatic carbocycles. The highest BCUT2D eigenvalue weighted by atomic mass is 32.2. The highest BCUT2D eigenvalue weighted by molar-refractivity contribution is 7.99. The summed E-state index contributed by atoms with van der Waals surface area (Å²) in [6, 6.07) is 10.6. The zero-order valence-electron chi connectivity index (χ0n) is 10.7. The minimum absolute atomic E-state index is 0.126. The van der Waals surface area contributed by atoms with Crippen LogP contribution in [-0.2, 0) is 0 Å². The molecule has 1 aliphatic rings. The van der Waals surface area contributed by atoms with Crippen molar-refractivity contribution in [1.82, 2.24) is 0 Å². The lowest BCUT2D eigenvalue weighted by molar-refractivity contribution is 0.173. The van der Waals surface area contributed by atoms with Gasteiger partial charge in [-0.1, -0.05) is 44.2 Å². The first-order valence-corrected chi connectivity index (χ1v) is 7.61. The van der Waals surface area contributed by atoms with Gasteiger partial charge in [0.1, 0.15) is 0 Å². The van der Waals surface area contributed by atoms with E-state index in [9.17, 15) is 5.11 Å². The van der Waals surface area contributed by atoms with E-state index in [1.807, 2.05) is 11.8 Å². The van der Waals surface area contributed by atoms with Crippen molar-refractivity contribution in [3.05, 3.63) is 35.9 Å². The van der Waals surface area contributed by atoms with Gasteiger partial charge in [-0.25, -0.2) is 0 Å². The van der Waals surface area contributed by atoms with Crippen LogP contribution in [0.4, 0.5) is 0 Å². The molecule has 94 valence electrons. The number of hydrogen-bond acceptors (Lipinski definition) is 2. The molecule has 2 rings (SSSR count). The SMILES string of the molecule is CCC(C)SCC(O)C1CC1c1ccccc1. The van der Waals surface area contributed by atoms with Crippen LogP contribution in [0.25, 0.3) is 0 Å². The third-order valence-corrected chi connectivity index (χ3v) is 5.12. The third-order valence-electron chi connectivity index (χ3n) is 3.69. The van der Waals surface area contributed by atoms with E-state index in [0.29, 0.717) is 17.1 Å². The van der Waals surface area contributed by atoms with E-state index >= 15 is 0 Å². The summed E-state index contributed by atoms with van der Waals surface area (Å²) in [7, 11) is 0. The van der Waals surface area contributed by atoms with Crippen LogP contribution in [-0.4, -0.2) is 22.2 Å². The first-order chi connectivity index (χ1) is 8.22. The lowest BCUT2D eigenvalue weighted by Crippen LogP contribution is -2.15. The highest BCUT2D eigenvalue weighted by Crippen LogP contribution is 2.50. The number of hydrogen-bond donors (Lipinski definition) is 1. The molecule has 0 aliphatic heterocycles. The van der Waals surface area contributed by atoms with Crippen LogP contribution in [0, 0.1) is 5.92 Å². The summed E-state index contributed by atoms with van der Waals surface area (Å²) in [6.07, 6.45) is 2.22. The maximum atomic E-state index is 10.1. The number of benzene rings is 1. The lowest BCUT2D eigenvalue weighted by atomic mass is 10.1. The molecule has 1 fully saturated rings. The van der Waals surface area contributed by atoms with E-state index in [4.69, 9.17) is 0 Å². The molecule has 0 saturated heterocycles. The number of aliphatic hydroxyl groups excluding tert-OH is 1.